The van der Waals surface area contributed by atoms with Crippen molar-refractivity contribution in [3.63, 3.8) is 0 Å². The van der Waals surface area contributed by atoms with Gasteiger partial charge in [0.25, 0.3) is 0 Å². The number of hydrogen-bond acceptors (Lipinski definition) is 5. The second-order valence-corrected chi connectivity index (χ2v) is 10.2. The van der Waals surface area contributed by atoms with E-state index in [1.54, 1.807) is 6.92 Å². The van der Waals surface area contributed by atoms with Crippen LogP contribution in [0.5, 0.6) is 5.75 Å². The van der Waals surface area contributed by atoms with Crippen LogP contribution < -0.4 is 5.73 Å². The van der Waals surface area contributed by atoms with Crippen LogP contribution in [0.15, 0.2) is 17.8 Å². The number of allylic oxidation sites excluding steroid dienone is 1. The van der Waals surface area contributed by atoms with Crippen molar-refractivity contribution in [2.75, 3.05) is 0 Å². The Morgan fingerprint density at radius 1 is 1.03 bits per heavy atom. The molecule has 6 nitrogen and oxygen atoms in total. The molecule has 2 atom stereocenters. The lowest BCUT2D eigenvalue weighted by Crippen LogP contribution is -2.04. The molecule has 0 amide bonds. The third-order valence-corrected chi connectivity index (χ3v) is 6.31. The highest BCUT2D eigenvalue weighted by Gasteiger charge is 2.09. The number of aliphatic carboxylic acids is 1. The molecular weight excluding hydrogens is 428 g/mol. The number of carbonyl (C=O) groups is 1. The molecule has 1 aromatic heterocycles. The Hall–Kier alpha value is -1.92. The summed E-state index contributed by atoms with van der Waals surface area (Å²) in [6.45, 7) is 13.0. The molecule has 0 aliphatic heterocycles. The first-order valence-corrected chi connectivity index (χ1v) is 12.9. The highest BCUT2D eigenvalue weighted by molar-refractivity contribution is 5.80. The fraction of sp³-hybridized carbons (Fsp3) is 0.714. The van der Waals surface area contributed by atoms with Gasteiger partial charge in [-0.1, -0.05) is 78.2 Å². The fourth-order valence-corrected chi connectivity index (χ4v) is 4.04. The van der Waals surface area contributed by atoms with Crippen molar-refractivity contribution in [1.82, 2.24) is 4.98 Å². The van der Waals surface area contributed by atoms with Crippen molar-refractivity contribution in [1.29, 1.82) is 0 Å². The van der Waals surface area contributed by atoms with Crippen LogP contribution in [0, 0.1) is 24.7 Å². The van der Waals surface area contributed by atoms with Gasteiger partial charge in [0.05, 0.1) is 12.3 Å². The summed E-state index contributed by atoms with van der Waals surface area (Å²) >= 11 is 0. The molecule has 0 aliphatic carbocycles. The van der Waals surface area contributed by atoms with Crippen molar-refractivity contribution in [3.8, 4) is 5.75 Å². The maximum absolute atomic E-state index is 10.5. The third-order valence-electron chi connectivity index (χ3n) is 6.31. The Labute approximate surface area is 207 Å². The van der Waals surface area contributed by atoms with Gasteiger partial charge in [0.1, 0.15) is 5.75 Å². The molecule has 1 aromatic rings. The largest absolute Gasteiger partial charge is 0.506 e. The van der Waals surface area contributed by atoms with E-state index in [4.69, 9.17) is 15.9 Å². The molecule has 0 unspecified atom stereocenters. The van der Waals surface area contributed by atoms with E-state index in [9.17, 15) is 9.90 Å². The average Bonchev–Trinajstić information content (AvgIpc) is 2.75. The number of aryl methyl sites for hydroxylation is 1. The van der Waals surface area contributed by atoms with Crippen LogP contribution in [0.3, 0.4) is 0 Å². The van der Waals surface area contributed by atoms with Crippen LogP contribution in [-0.2, 0) is 17.9 Å². The highest BCUT2D eigenvalue weighted by Crippen LogP contribution is 2.23. The summed E-state index contributed by atoms with van der Waals surface area (Å²) < 4.78 is 0. The monoisotopic (exact) mass is 478 g/mol. The number of nitrogens with two attached hydrogens (primary N) is 1. The second kappa shape index (κ2) is 18.4. The maximum Gasteiger partial charge on any atom is 0.328 e. The molecule has 5 N–H and O–H groups in total. The number of aliphatic hydroxyl groups excluding tert-OH is 1. The smallest absolute Gasteiger partial charge is 0.328 e. The molecule has 0 aromatic carbocycles. The Morgan fingerprint density at radius 3 is 2.03 bits per heavy atom. The van der Waals surface area contributed by atoms with Crippen LogP contribution in [0.1, 0.15) is 109 Å². The van der Waals surface area contributed by atoms with Gasteiger partial charge in [-0.05, 0) is 44.4 Å². The lowest BCUT2D eigenvalue weighted by atomic mass is 9.91. The van der Waals surface area contributed by atoms with E-state index in [0.29, 0.717) is 16.8 Å². The van der Waals surface area contributed by atoms with E-state index in [-0.39, 0.29) is 18.9 Å². The molecule has 0 bridgehead atoms. The highest BCUT2D eigenvalue weighted by atomic mass is 16.4. The summed E-state index contributed by atoms with van der Waals surface area (Å²) in [6.07, 6.45) is 14.3. The first-order valence-electron chi connectivity index (χ1n) is 12.9. The number of carboxylic acids is 1. The van der Waals surface area contributed by atoms with Crippen molar-refractivity contribution < 1.29 is 20.1 Å². The number of nitrogens with zero attached hydrogens (tertiary/aromatic N) is 1. The number of pyridine rings is 1. The quantitative estimate of drug-likeness (QED) is 0.214. The number of rotatable bonds is 15. The van der Waals surface area contributed by atoms with Crippen LogP contribution in [0.2, 0.25) is 0 Å². The Bertz CT molecular complexity index is 731. The fourth-order valence-electron chi connectivity index (χ4n) is 4.04. The zero-order chi connectivity index (χ0) is 26.1. The summed E-state index contributed by atoms with van der Waals surface area (Å²) in [5.74, 6) is 1.74. The van der Waals surface area contributed by atoms with E-state index < -0.39 is 5.97 Å². The number of aromatic nitrogens is 1. The SMILES string of the molecule is C/C(=C\C(=O)O)CCC[C@H](C)CCC[C@H](C)CCCC(C)C.Cc1ncc(CO)c(CN)c1O. The number of aliphatic hydroxyl groups is 1. The van der Waals surface area contributed by atoms with Crippen LogP contribution in [0.4, 0.5) is 0 Å². The van der Waals surface area contributed by atoms with Gasteiger partial charge in [-0.15, -0.1) is 0 Å². The van der Waals surface area contributed by atoms with Crippen molar-refractivity contribution in [2.45, 2.75) is 112 Å². The van der Waals surface area contributed by atoms with E-state index in [2.05, 4.69) is 32.7 Å². The topological polar surface area (TPSA) is 117 Å². The molecule has 34 heavy (non-hydrogen) atoms. The summed E-state index contributed by atoms with van der Waals surface area (Å²) in [6, 6.07) is 0. The van der Waals surface area contributed by atoms with Crippen molar-refractivity contribution in [2.24, 2.45) is 23.5 Å². The minimum atomic E-state index is -0.822. The van der Waals surface area contributed by atoms with Gasteiger partial charge < -0.3 is 21.1 Å². The molecule has 0 saturated carbocycles. The van der Waals surface area contributed by atoms with E-state index in [1.807, 2.05) is 6.92 Å². The van der Waals surface area contributed by atoms with E-state index in [1.165, 1.54) is 57.2 Å². The zero-order valence-corrected chi connectivity index (χ0v) is 22.4. The molecule has 1 heterocycles. The van der Waals surface area contributed by atoms with Gasteiger partial charge in [0.2, 0.25) is 0 Å². The number of carboxylic acid groups (broad SMARTS) is 1. The standard InChI is InChI=1S/C20H38O2.C8H12N2O2/c1-16(2)9-6-10-17(3)11-7-12-18(4)13-8-14-19(5)15-20(21)22;1-5-8(12)7(2-9)6(4-11)3-10-5/h15-18H,6-14H2,1-5H3,(H,21,22);3,11-12H,2,4,9H2,1H3/b19-15+;/t17-,18-;/m1./s1. The molecule has 0 radical (unpaired) electrons. The first-order chi connectivity index (χ1) is 16.0. The first kappa shape index (κ1) is 32.1. The lowest BCUT2D eigenvalue weighted by molar-refractivity contribution is -0.131. The Morgan fingerprint density at radius 2 is 1.56 bits per heavy atom. The molecular formula is C28H50N2O4. The molecule has 196 valence electrons. The number of aromatic hydroxyl groups is 1. The maximum atomic E-state index is 10.5. The molecule has 0 aliphatic rings. The van der Waals surface area contributed by atoms with Gasteiger partial charge in [0.15, 0.2) is 0 Å². The lowest BCUT2D eigenvalue weighted by Gasteiger charge is -2.15. The molecule has 0 saturated heterocycles. The Kier molecular flexibility index (Phi) is 17.4. The minimum absolute atomic E-state index is 0.0871. The minimum Gasteiger partial charge on any atom is -0.506 e. The zero-order valence-electron chi connectivity index (χ0n) is 22.4. The van der Waals surface area contributed by atoms with Crippen LogP contribution >= 0.6 is 0 Å². The van der Waals surface area contributed by atoms with Gasteiger partial charge in [0, 0.05) is 29.9 Å². The summed E-state index contributed by atoms with van der Waals surface area (Å²) in [4.78, 5) is 14.4. The second-order valence-electron chi connectivity index (χ2n) is 10.2. The normalized spacial score (nSPS) is 13.4. The predicted octanol–water partition coefficient (Wildman–Crippen LogP) is 6.50. The van der Waals surface area contributed by atoms with Crippen molar-refractivity contribution >= 4 is 5.97 Å². The molecule has 1 rings (SSSR count). The van der Waals surface area contributed by atoms with E-state index in [0.717, 1.165) is 36.2 Å². The van der Waals surface area contributed by atoms with Gasteiger partial charge >= 0.3 is 5.97 Å². The van der Waals surface area contributed by atoms with Gasteiger partial charge in [-0.2, -0.15) is 0 Å². The van der Waals surface area contributed by atoms with Crippen LogP contribution in [-0.4, -0.2) is 26.3 Å². The molecule has 6 heteroatoms. The predicted molar refractivity (Wildman–Crippen MR) is 141 cm³/mol. The average molecular weight is 479 g/mol. The molecule has 0 spiro atoms. The van der Waals surface area contributed by atoms with Crippen LogP contribution in [0.25, 0.3) is 0 Å². The van der Waals surface area contributed by atoms with Gasteiger partial charge in [-0.3, -0.25) is 4.98 Å². The van der Waals surface area contributed by atoms with Crippen molar-refractivity contribution in [3.05, 3.63) is 34.7 Å². The third kappa shape index (κ3) is 15.1. The Balaban J connectivity index is 0.000000757. The molecule has 0 fully saturated rings. The number of hydrogen-bond donors (Lipinski definition) is 4. The van der Waals surface area contributed by atoms with Gasteiger partial charge in [-0.25, -0.2) is 4.79 Å². The van der Waals surface area contributed by atoms with E-state index >= 15 is 0 Å². The summed E-state index contributed by atoms with van der Waals surface area (Å²) in [5, 5.41) is 27.0. The summed E-state index contributed by atoms with van der Waals surface area (Å²) in [7, 11) is 0. The summed E-state index contributed by atoms with van der Waals surface area (Å²) in [5.41, 5.74) is 8.07.